The van der Waals surface area contributed by atoms with Crippen LogP contribution in [0.15, 0.2) is 47.3 Å². The molecule has 1 heterocycles. The van der Waals surface area contributed by atoms with Gasteiger partial charge in [0, 0.05) is 12.2 Å². The van der Waals surface area contributed by atoms with Gasteiger partial charge in [0.1, 0.15) is 5.82 Å². The molecule has 0 saturated carbocycles. The zero-order valence-electron chi connectivity index (χ0n) is 16.0. The van der Waals surface area contributed by atoms with Gasteiger partial charge in [-0.05, 0) is 42.8 Å². The Labute approximate surface area is 166 Å². The Morgan fingerprint density at radius 1 is 1.00 bits per heavy atom. The Morgan fingerprint density at radius 3 is 2.41 bits per heavy atom. The number of quaternary nitrogens is 1. The third kappa shape index (κ3) is 5.76. The van der Waals surface area contributed by atoms with Gasteiger partial charge < -0.3 is 25.5 Å². The van der Waals surface area contributed by atoms with E-state index >= 15 is 0 Å². The molecule has 9 heteroatoms. The molecule has 152 valence electrons. The summed E-state index contributed by atoms with van der Waals surface area (Å²) < 4.78 is 12.9. The summed E-state index contributed by atoms with van der Waals surface area (Å²) in [6.07, 6.45) is 0. The van der Waals surface area contributed by atoms with Crippen molar-refractivity contribution in [3.63, 3.8) is 0 Å². The van der Waals surface area contributed by atoms with Crippen LogP contribution in [0.2, 0.25) is 0 Å². The van der Waals surface area contributed by atoms with E-state index < -0.39 is 0 Å². The van der Waals surface area contributed by atoms with Crippen LogP contribution in [0.4, 0.5) is 10.1 Å². The van der Waals surface area contributed by atoms with Crippen molar-refractivity contribution >= 4 is 28.5 Å². The van der Waals surface area contributed by atoms with E-state index in [1.54, 1.807) is 30.3 Å². The lowest BCUT2D eigenvalue weighted by atomic mass is 10.2. The van der Waals surface area contributed by atoms with Crippen molar-refractivity contribution in [3.8, 4) is 0 Å². The predicted molar refractivity (Wildman–Crippen MR) is 107 cm³/mol. The number of hydrogen-bond acceptors (Lipinski definition) is 3. The van der Waals surface area contributed by atoms with Crippen LogP contribution in [0.5, 0.6) is 0 Å². The summed E-state index contributed by atoms with van der Waals surface area (Å²) in [5.41, 5.74) is 2.32. The molecule has 0 fully saturated rings. The second-order valence-corrected chi connectivity index (χ2v) is 6.75. The molecule has 2 amide bonds. The molecular weight excluding hydrogens is 377 g/mol. The molecule has 0 aliphatic carbocycles. The number of imidazole rings is 1. The Balaban J connectivity index is 1.49. The van der Waals surface area contributed by atoms with Crippen LogP contribution in [0, 0.1) is 5.82 Å². The lowest BCUT2D eigenvalue weighted by Gasteiger charge is -2.17. The molecule has 0 saturated heterocycles. The van der Waals surface area contributed by atoms with Crippen LogP contribution in [-0.4, -0.2) is 41.4 Å². The first kappa shape index (κ1) is 20.3. The van der Waals surface area contributed by atoms with Gasteiger partial charge >= 0.3 is 5.69 Å². The van der Waals surface area contributed by atoms with Gasteiger partial charge in [0.2, 0.25) is 0 Å². The van der Waals surface area contributed by atoms with E-state index in [1.807, 2.05) is 6.92 Å². The number of aromatic amines is 2. The molecule has 0 radical (unpaired) electrons. The van der Waals surface area contributed by atoms with Gasteiger partial charge in [-0.1, -0.05) is 12.1 Å². The lowest BCUT2D eigenvalue weighted by Crippen LogP contribution is -3.13. The molecule has 2 aromatic carbocycles. The molecule has 29 heavy (non-hydrogen) atoms. The molecule has 0 spiro atoms. The Morgan fingerprint density at radius 2 is 1.69 bits per heavy atom. The summed E-state index contributed by atoms with van der Waals surface area (Å²) in [5.74, 6) is -0.745. The highest BCUT2D eigenvalue weighted by Gasteiger charge is 2.17. The first-order valence-electron chi connectivity index (χ1n) is 9.29. The van der Waals surface area contributed by atoms with E-state index in [0.717, 1.165) is 10.5 Å². The van der Waals surface area contributed by atoms with Crippen LogP contribution in [0.25, 0.3) is 11.0 Å². The summed E-state index contributed by atoms with van der Waals surface area (Å²) >= 11 is 0. The van der Waals surface area contributed by atoms with Crippen molar-refractivity contribution in [2.45, 2.75) is 13.5 Å². The first-order chi connectivity index (χ1) is 13.9. The highest BCUT2D eigenvalue weighted by atomic mass is 19.1. The van der Waals surface area contributed by atoms with Gasteiger partial charge in [0.15, 0.2) is 13.1 Å². The number of aromatic nitrogens is 2. The van der Waals surface area contributed by atoms with Crippen molar-refractivity contribution in [1.29, 1.82) is 0 Å². The number of amides is 2. The van der Waals surface area contributed by atoms with Crippen LogP contribution in [0.3, 0.4) is 0 Å². The number of H-pyrrole nitrogens is 2. The summed E-state index contributed by atoms with van der Waals surface area (Å²) in [7, 11) is 0. The maximum Gasteiger partial charge on any atom is 0.323 e. The Kier molecular flexibility index (Phi) is 6.40. The number of nitrogens with one attached hydrogen (secondary N) is 5. The average Bonchev–Trinajstić information content (AvgIpc) is 3.06. The SMILES string of the molecule is CC[NH+](CC(=O)NCc1ccc(F)cc1)CC(=O)Nc1ccc2[nH]c(=O)[nH]c2c1. The minimum absolute atomic E-state index is 0.127. The van der Waals surface area contributed by atoms with Crippen molar-refractivity contribution in [3.05, 3.63) is 64.3 Å². The minimum atomic E-state index is -0.324. The van der Waals surface area contributed by atoms with Gasteiger partial charge in [0.25, 0.3) is 11.8 Å². The number of halogens is 1. The van der Waals surface area contributed by atoms with Crippen molar-refractivity contribution in [2.75, 3.05) is 25.0 Å². The maximum absolute atomic E-state index is 12.9. The zero-order valence-corrected chi connectivity index (χ0v) is 16.0. The molecule has 3 aromatic rings. The van der Waals surface area contributed by atoms with E-state index in [1.165, 1.54) is 12.1 Å². The fourth-order valence-electron chi connectivity index (χ4n) is 2.95. The van der Waals surface area contributed by atoms with E-state index in [-0.39, 0.29) is 36.4 Å². The van der Waals surface area contributed by atoms with Gasteiger partial charge in [-0.3, -0.25) is 9.59 Å². The van der Waals surface area contributed by atoms with Gasteiger partial charge in [0.05, 0.1) is 17.6 Å². The van der Waals surface area contributed by atoms with Crippen LogP contribution in [0.1, 0.15) is 12.5 Å². The molecule has 1 aromatic heterocycles. The summed E-state index contributed by atoms with van der Waals surface area (Å²) in [6.45, 7) is 3.07. The largest absolute Gasteiger partial charge is 0.347 e. The third-order valence-corrected chi connectivity index (χ3v) is 4.52. The van der Waals surface area contributed by atoms with Crippen LogP contribution >= 0.6 is 0 Å². The predicted octanol–water partition coefficient (Wildman–Crippen LogP) is 0.155. The maximum atomic E-state index is 12.9. The lowest BCUT2D eigenvalue weighted by molar-refractivity contribution is -0.881. The molecular formula is C20H23FN5O3+. The molecule has 0 aliphatic rings. The van der Waals surface area contributed by atoms with Crippen molar-refractivity contribution < 1.29 is 18.9 Å². The highest BCUT2D eigenvalue weighted by molar-refractivity contribution is 5.93. The third-order valence-electron chi connectivity index (χ3n) is 4.52. The second-order valence-electron chi connectivity index (χ2n) is 6.75. The minimum Gasteiger partial charge on any atom is -0.347 e. The van der Waals surface area contributed by atoms with Gasteiger partial charge in [-0.15, -0.1) is 0 Å². The number of likely N-dealkylation sites (N-methyl/N-ethyl adjacent to an activating group) is 1. The molecule has 3 rings (SSSR count). The zero-order chi connectivity index (χ0) is 20.8. The van der Waals surface area contributed by atoms with Crippen molar-refractivity contribution in [1.82, 2.24) is 15.3 Å². The fraction of sp³-hybridized carbons (Fsp3) is 0.250. The Hall–Kier alpha value is -3.46. The topological polar surface area (TPSA) is 111 Å². The van der Waals surface area contributed by atoms with E-state index in [4.69, 9.17) is 0 Å². The number of benzene rings is 2. The van der Waals surface area contributed by atoms with Crippen molar-refractivity contribution in [2.24, 2.45) is 0 Å². The molecule has 5 N–H and O–H groups in total. The number of carbonyl (C=O) groups excluding carboxylic acids is 2. The van der Waals surface area contributed by atoms with E-state index in [0.29, 0.717) is 29.8 Å². The quantitative estimate of drug-likeness (QED) is 0.371. The summed E-state index contributed by atoms with van der Waals surface area (Å²) in [5, 5.41) is 5.56. The summed E-state index contributed by atoms with van der Waals surface area (Å²) in [4.78, 5) is 41.9. The van der Waals surface area contributed by atoms with Gasteiger partial charge in [-0.25, -0.2) is 9.18 Å². The smallest absolute Gasteiger partial charge is 0.323 e. The van der Waals surface area contributed by atoms with Crippen LogP contribution in [-0.2, 0) is 16.1 Å². The molecule has 8 nitrogen and oxygen atoms in total. The second kappa shape index (κ2) is 9.16. The summed E-state index contributed by atoms with van der Waals surface area (Å²) in [6, 6.07) is 11.0. The van der Waals surface area contributed by atoms with Crippen LogP contribution < -0.4 is 21.2 Å². The van der Waals surface area contributed by atoms with Gasteiger partial charge in [-0.2, -0.15) is 0 Å². The first-order valence-corrected chi connectivity index (χ1v) is 9.29. The molecule has 1 unspecified atom stereocenters. The fourth-order valence-corrected chi connectivity index (χ4v) is 2.95. The molecule has 0 bridgehead atoms. The number of anilines is 1. The number of hydrogen-bond donors (Lipinski definition) is 5. The molecule has 1 atom stereocenters. The average molecular weight is 400 g/mol. The standard InChI is InChI=1S/C20H22FN5O3/c1-2-26(11-18(27)22-10-13-3-5-14(21)6-4-13)12-19(28)23-15-7-8-16-17(9-15)25-20(29)24-16/h3-9H,2,10-12H2,1H3,(H,22,27)(H,23,28)(H2,24,25,29)/p+1. The monoisotopic (exact) mass is 400 g/mol. The Bertz CT molecular complexity index is 1060. The van der Waals surface area contributed by atoms with E-state index in [9.17, 15) is 18.8 Å². The normalized spacial score (nSPS) is 11.9. The van der Waals surface area contributed by atoms with E-state index in [2.05, 4.69) is 20.6 Å². The number of carbonyl (C=O) groups is 2. The number of fused-ring (bicyclic) bond motifs is 1. The molecule has 0 aliphatic heterocycles. The number of rotatable bonds is 8. The highest BCUT2D eigenvalue weighted by Crippen LogP contribution is 2.14.